The molecule has 6 rings (SSSR count). The number of benzene rings is 2. The number of hydrogen-bond donors (Lipinski definition) is 1. The average Bonchev–Trinajstić information content (AvgIpc) is 3.51. The SMILES string of the molecule is [2H]c1c([2H])c([C@]2([2H])c3[nH]c4ccccc4c3C([2H])([2H])[C@]3([2H])C(=O)N(C)C([2H])([2H])C(=O)N23)c([2H])c2c1OCO2. The number of fused-ring (bicyclic) bond motifs is 5. The van der Waals surface area contributed by atoms with Crippen LogP contribution in [-0.2, 0) is 16.0 Å². The van der Waals surface area contributed by atoms with E-state index in [1.165, 1.54) is 6.07 Å². The van der Waals surface area contributed by atoms with Gasteiger partial charge in [-0.15, -0.1) is 0 Å². The Bertz CT molecular complexity index is 1610. The van der Waals surface area contributed by atoms with Crippen LogP contribution in [0.15, 0.2) is 42.4 Å². The molecule has 7 nitrogen and oxygen atoms in total. The molecular weight excluding hydrogens is 370 g/mol. The number of rotatable bonds is 1. The molecule has 0 bridgehead atoms. The van der Waals surface area contributed by atoms with Crippen LogP contribution < -0.4 is 9.47 Å². The quantitative estimate of drug-likeness (QED) is 0.682. The summed E-state index contributed by atoms with van der Waals surface area (Å²) in [4.78, 5) is 30.8. The topological polar surface area (TPSA) is 74.9 Å². The Morgan fingerprint density at radius 3 is 2.97 bits per heavy atom. The Balaban J connectivity index is 1.84. The minimum Gasteiger partial charge on any atom is -0.454 e. The molecule has 4 heterocycles. The molecule has 1 aromatic heterocycles. The van der Waals surface area contributed by atoms with Gasteiger partial charge in [-0.05, 0) is 29.3 Å². The predicted octanol–water partition coefficient (Wildman–Crippen LogP) is 2.21. The van der Waals surface area contributed by atoms with Crippen LogP contribution in [0.2, 0.25) is 0 Å². The van der Waals surface area contributed by atoms with E-state index >= 15 is 0 Å². The molecule has 146 valence electrons. The van der Waals surface area contributed by atoms with Gasteiger partial charge in [0.05, 0.1) is 22.1 Å². The molecule has 0 unspecified atom stereocenters. The van der Waals surface area contributed by atoms with Gasteiger partial charge in [0.1, 0.15) is 6.02 Å². The van der Waals surface area contributed by atoms with Crippen molar-refractivity contribution in [2.24, 2.45) is 0 Å². The van der Waals surface area contributed by atoms with Gasteiger partial charge in [0.2, 0.25) is 18.6 Å². The summed E-state index contributed by atoms with van der Waals surface area (Å²) in [5.74, 6) is -3.57. The molecule has 3 aliphatic rings. The summed E-state index contributed by atoms with van der Waals surface area (Å²) < 4.78 is 90.1. The minimum absolute atomic E-state index is 0.160. The number of carbonyl (C=O) groups is 2. The van der Waals surface area contributed by atoms with E-state index in [1.54, 1.807) is 18.2 Å². The van der Waals surface area contributed by atoms with Gasteiger partial charge in [0, 0.05) is 32.8 Å². The van der Waals surface area contributed by atoms with Crippen molar-refractivity contribution in [1.82, 2.24) is 14.8 Å². The van der Waals surface area contributed by atoms with E-state index in [2.05, 4.69) is 4.98 Å². The molecule has 3 aromatic rings. The zero-order chi connectivity index (χ0) is 27.7. The second-order valence-electron chi connectivity index (χ2n) is 6.67. The van der Waals surface area contributed by atoms with Gasteiger partial charge < -0.3 is 24.3 Å². The highest BCUT2D eigenvalue weighted by Gasteiger charge is 2.47. The van der Waals surface area contributed by atoms with E-state index in [-0.39, 0.29) is 45.4 Å². The molecule has 0 spiro atoms. The number of aromatic nitrogens is 1. The third-order valence-electron chi connectivity index (χ3n) is 5.00. The van der Waals surface area contributed by atoms with Crippen molar-refractivity contribution in [1.29, 1.82) is 0 Å². The third-order valence-corrected chi connectivity index (χ3v) is 5.00. The predicted molar refractivity (Wildman–Crippen MR) is 105 cm³/mol. The molecule has 0 aliphatic carbocycles. The lowest BCUT2D eigenvalue weighted by molar-refractivity contribution is -0.157. The molecule has 1 N–H and O–H groups in total. The Kier molecular flexibility index (Phi) is 1.95. The van der Waals surface area contributed by atoms with E-state index in [9.17, 15) is 12.3 Å². The number of aromatic amines is 1. The number of ether oxygens (including phenoxy) is 2. The molecule has 29 heavy (non-hydrogen) atoms. The molecule has 1 fully saturated rings. The molecule has 0 saturated carbocycles. The van der Waals surface area contributed by atoms with Crippen LogP contribution in [0.1, 0.15) is 35.2 Å². The van der Waals surface area contributed by atoms with Crippen LogP contribution in [0.25, 0.3) is 10.9 Å². The Morgan fingerprint density at radius 1 is 1.24 bits per heavy atom. The van der Waals surface area contributed by atoms with Gasteiger partial charge in [0.15, 0.2) is 11.5 Å². The fourth-order valence-corrected chi connectivity index (χ4v) is 3.69. The second kappa shape index (κ2) is 5.76. The summed E-state index contributed by atoms with van der Waals surface area (Å²) in [6.07, 6.45) is -2.99. The van der Waals surface area contributed by atoms with E-state index in [0.717, 1.165) is 7.05 Å². The van der Waals surface area contributed by atoms with Crippen LogP contribution in [0.4, 0.5) is 0 Å². The van der Waals surface area contributed by atoms with Gasteiger partial charge in [-0.3, -0.25) is 9.59 Å². The van der Waals surface area contributed by atoms with Crippen LogP contribution >= 0.6 is 0 Å². The summed E-state index contributed by atoms with van der Waals surface area (Å²) in [7, 11) is 0.925. The fourth-order valence-electron chi connectivity index (χ4n) is 3.69. The fraction of sp³-hybridized carbons (Fsp3) is 0.273. The Hall–Kier alpha value is -3.48. The van der Waals surface area contributed by atoms with Crippen molar-refractivity contribution in [3.63, 3.8) is 0 Å². The summed E-state index contributed by atoms with van der Waals surface area (Å²) in [6, 6.07) is -1.90. The molecular formula is C22H19N3O4. The van der Waals surface area contributed by atoms with Crippen LogP contribution in [-0.4, -0.2) is 53.0 Å². The van der Waals surface area contributed by atoms with Crippen LogP contribution in [0.5, 0.6) is 11.5 Å². The molecule has 1 saturated heterocycles. The van der Waals surface area contributed by atoms with Crippen LogP contribution in [0.3, 0.4) is 0 Å². The lowest BCUT2D eigenvalue weighted by Crippen LogP contribution is -2.62. The van der Waals surface area contributed by atoms with Crippen LogP contribution in [0, 0.1) is 0 Å². The van der Waals surface area contributed by atoms with E-state index < -0.39 is 60.4 Å². The van der Waals surface area contributed by atoms with Crippen molar-refractivity contribution >= 4 is 22.7 Å². The van der Waals surface area contributed by atoms with Crippen molar-refractivity contribution < 1.29 is 31.4 Å². The van der Waals surface area contributed by atoms with Crippen molar-refractivity contribution in [3.8, 4) is 11.5 Å². The lowest BCUT2D eigenvalue weighted by atomic mass is 9.86. The van der Waals surface area contributed by atoms with Crippen molar-refractivity contribution in [2.45, 2.75) is 18.4 Å². The molecule has 2 atom stereocenters. The molecule has 2 aromatic carbocycles. The highest BCUT2D eigenvalue weighted by molar-refractivity contribution is 5.97. The van der Waals surface area contributed by atoms with Gasteiger partial charge in [0.25, 0.3) is 0 Å². The number of nitrogens with one attached hydrogen (secondary N) is 1. The van der Waals surface area contributed by atoms with E-state index in [1.807, 2.05) is 0 Å². The van der Waals surface area contributed by atoms with Gasteiger partial charge >= 0.3 is 0 Å². The van der Waals surface area contributed by atoms with Gasteiger partial charge in [-0.2, -0.15) is 0 Å². The maximum Gasteiger partial charge on any atom is 0.245 e. The third kappa shape index (κ3) is 2.24. The zero-order valence-corrected chi connectivity index (χ0v) is 15.0. The number of likely N-dealkylation sites (N-methyl/N-ethyl adjacent to an activating group) is 1. The number of hydrogen-bond acceptors (Lipinski definition) is 4. The zero-order valence-electron chi connectivity index (χ0n) is 24.0. The first-order chi connectivity index (χ1) is 17.6. The van der Waals surface area contributed by atoms with Gasteiger partial charge in [-0.25, -0.2) is 0 Å². The highest BCUT2D eigenvalue weighted by Crippen LogP contribution is 2.44. The number of carbonyl (C=O) groups excluding carboxylic acids is 2. The van der Waals surface area contributed by atoms with Crippen molar-refractivity contribution in [3.05, 3.63) is 59.2 Å². The van der Waals surface area contributed by atoms with Crippen molar-refractivity contribution in [2.75, 3.05) is 20.3 Å². The van der Waals surface area contributed by atoms with E-state index in [4.69, 9.17) is 19.1 Å². The first-order valence-corrected chi connectivity index (χ1v) is 8.79. The maximum absolute atomic E-state index is 13.8. The summed E-state index contributed by atoms with van der Waals surface area (Å²) in [5, 5.41) is 0.191. The standard InChI is InChI=1S/C22H19N3O4/c1-24-10-19(26)25-16(22(24)27)9-14-13-4-2-3-5-15(13)23-20(14)21(25)12-6-7-17-18(8-12)29-11-28-17/h2-8,16,21,23H,9-11H2,1H3/t16-,21-/m1/s1/i6D,7D,8D,9D2,10D2,16D,21D. The maximum atomic E-state index is 13.8. The number of nitrogens with zero attached hydrogens (tertiary/aromatic N) is 2. The Labute approximate surface area is 179 Å². The first-order valence-electron chi connectivity index (χ1n) is 13.3. The summed E-state index contributed by atoms with van der Waals surface area (Å²) in [5.41, 5.74) is -1.10. The number of H-pyrrole nitrogens is 1. The average molecular weight is 398 g/mol. The first kappa shape index (κ1) is 9.82. The minimum atomic E-state index is -3.23. The molecule has 3 aliphatic heterocycles. The van der Waals surface area contributed by atoms with E-state index in [0.29, 0.717) is 4.90 Å². The number of para-hydroxylation sites is 1. The molecule has 0 radical (unpaired) electrons. The smallest absolute Gasteiger partial charge is 0.245 e. The Morgan fingerprint density at radius 2 is 2.07 bits per heavy atom. The highest BCUT2D eigenvalue weighted by atomic mass is 16.7. The number of piperazine rings is 1. The summed E-state index contributed by atoms with van der Waals surface area (Å²) >= 11 is 0. The summed E-state index contributed by atoms with van der Waals surface area (Å²) in [6.45, 7) is -3.48. The second-order valence-corrected chi connectivity index (χ2v) is 6.67. The number of amides is 2. The monoisotopic (exact) mass is 398 g/mol. The molecule has 2 amide bonds. The van der Waals surface area contributed by atoms with Gasteiger partial charge in [-0.1, -0.05) is 24.2 Å². The normalized spacial score (nSPS) is 35.8. The molecule has 7 heteroatoms. The largest absolute Gasteiger partial charge is 0.454 e. The lowest BCUT2D eigenvalue weighted by Gasteiger charge is -2.46.